The Morgan fingerprint density at radius 1 is 1.03 bits per heavy atom. The van der Waals surface area contributed by atoms with Crippen molar-refractivity contribution in [3.05, 3.63) is 89.0 Å². The van der Waals surface area contributed by atoms with Crippen molar-refractivity contribution in [2.45, 2.75) is 31.3 Å². The van der Waals surface area contributed by atoms with Gasteiger partial charge in [-0.15, -0.1) is 0 Å². The number of carbonyl (C=O) groups excluding carboxylic acids is 1. The van der Waals surface area contributed by atoms with Gasteiger partial charge in [0.15, 0.2) is 4.91 Å². The van der Waals surface area contributed by atoms with E-state index in [2.05, 4.69) is 4.90 Å². The summed E-state index contributed by atoms with van der Waals surface area (Å²) in [7, 11) is -4.00. The van der Waals surface area contributed by atoms with E-state index >= 15 is 0 Å². The molecule has 0 bridgehead atoms. The first-order valence-electron chi connectivity index (χ1n) is 9.62. The van der Waals surface area contributed by atoms with Crippen molar-refractivity contribution in [1.29, 1.82) is 0 Å². The van der Waals surface area contributed by atoms with Gasteiger partial charge >= 0.3 is 5.97 Å². The van der Waals surface area contributed by atoms with E-state index in [1.807, 2.05) is 43.5 Å². The fourth-order valence-corrected chi connectivity index (χ4v) is 4.33. The highest BCUT2D eigenvalue weighted by molar-refractivity contribution is 7.96. The molecular formula is C23H25NO4S. The number of rotatable bonds is 7. The van der Waals surface area contributed by atoms with Crippen molar-refractivity contribution in [3.8, 4) is 0 Å². The lowest BCUT2D eigenvalue weighted by Crippen LogP contribution is -2.17. The molecule has 0 radical (unpaired) electrons. The molecule has 0 aromatic heterocycles. The number of carbonyl (C=O) groups is 1. The molecule has 0 N–H and O–H groups in total. The quantitative estimate of drug-likeness (QED) is 0.391. The number of aryl methyl sites for hydroxylation is 1. The molecule has 152 valence electrons. The predicted molar refractivity (Wildman–Crippen MR) is 113 cm³/mol. The average molecular weight is 412 g/mol. The van der Waals surface area contributed by atoms with Crippen LogP contribution in [0.1, 0.15) is 24.0 Å². The van der Waals surface area contributed by atoms with Gasteiger partial charge in [0.25, 0.3) is 0 Å². The summed E-state index contributed by atoms with van der Waals surface area (Å²) in [5.41, 5.74) is 1.73. The number of esters is 1. The number of allylic oxidation sites excluding steroid dienone is 2. The zero-order valence-corrected chi connectivity index (χ0v) is 17.3. The average Bonchev–Trinajstić information content (AvgIpc) is 3.24. The van der Waals surface area contributed by atoms with Gasteiger partial charge in [0.05, 0.1) is 4.90 Å². The first-order chi connectivity index (χ1) is 14.0. The lowest BCUT2D eigenvalue weighted by Gasteiger charge is -2.11. The highest BCUT2D eigenvalue weighted by atomic mass is 32.2. The largest absolute Gasteiger partial charge is 0.457 e. The van der Waals surface area contributed by atoms with Gasteiger partial charge in [-0.3, -0.25) is 0 Å². The van der Waals surface area contributed by atoms with Crippen LogP contribution >= 0.6 is 0 Å². The lowest BCUT2D eigenvalue weighted by molar-refractivity contribution is -0.139. The summed E-state index contributed by atoms with van der Waals surface area (Å²) in [5, 5.41) is 0. The van der Waals surface area contributed by atoms with Crippen LogP contribution in [0.15, 0.2) is 82.7 Å². The second-order valence-electron chi connectivity index (χ2n) is 6.99. The summed E-state index contributed by atoms with van der Waals surface area (Å²) in [4.78, 5) is 14.5. The van der Waals surface area contributed by atoms with Crippen LogP contribution in [-0.2, 0) is 26.0 Å². The maximum atomic E-state index is 13.1. The van der Waals surface area contributed by atoms with Gasteiger partial charge in [-0.2, -0.15) is 0 Å². The molecule has 1 fully saturated rings. The molecule has 6 heteroatoms. The first-order valence-corrected chi connectivity index (χ1v) is 11.1. The molecule has 1 heterocycles. The maximum absolute atomic E-state index is 13.1. The monoisotopic (exact) mass is 411 g/mol. The Hall–Kier alpha value is -2.86. The van der Waals surface area contributed by atoms with Crippen molar-refractivity contribution < 1.29 is 17.9 Å². The highest BCUT2D eigenvalue weighted by Crippen LogP contribution is 2.22. The molecule has 0 unspecified atom stereocenters. The Kier molecular flexibility index (Phi) is 6.88. The van der Waals surface area contributed by atoms with Crippen LogP contribution < -0.4 is 0 Å². The van der Waals surface area contributed by atoms with Crippen LogP contribution in [0.2, 0.25) is 0 Å². The van der Waals surface area contributed by atoms with E-state index in [1.165, 1.54) is 18.2 Å². The fraction of sp³-hybridized carbons (Fsp3) is 0.261. The number of likely N-dealkylation sites (tertiary alicyclic amines) is 1. The highest BCUT2D eigenvalue weighted by Gasteiger charge is 2.28. The summed E-state index contributed by atoms with van der Waals surface area (Å²) in [5.74, 6) is -0.861. The van der Waals surface area contributed by atoms with Crippen LogP contribution in [0.3, 0.4) is 0 Å². The molecule has 2 aromatic carbocycles. The number of sulfone groups is 1. The molecule has 0 spiro atoms. The van der Waals surface area contributed by atoms with E-state index in [0.717, 1.165) is 37.1 Å². The van der Waals surface area contributed by atoms with E-state index in [-0.39, 0.29) is 16.4 Å². The van der Waals surface area contributed by atoms with Crippen molar-refractivity contribution in [1.82, 2.24) is 4.90 Å². The summed E-state index contributed by atoms with van der Waals surface area (Å²) in [6.07, 6.45) is 6.99. The molecule has 0 atom stereocenters. The topological polar surface area (TPSA) is 63.7 Å². The molecule has 0 amide bonds. The van der Waals surface area contributed by atoms with Crippen LogP contribution in [0.4, 0.5) is 0 Å². The van der Waals surface area contributed by atoms with Gasteiger partial charge in [0.1, 0.15) is 6.61 Å². The van der Waals surface area contributed by atoms with Gasteiger partial charge in [0.2, 0.25) is 9.84 Å². The molecule has 29 heavy (non-hydrogen) atoms. The van der Waals surface area contributed by atoms with Gasteiger partial charge in [-0.1, -0.05) is 48.0 Å². The minimum absolute atomic E-state index is 0.0102. The van der Waals surface area contributed by atoms with Crippen LogP contribution in [0.5, 0.6) is 0 Å². The number of ether oxygens (including phenoxy) is 1. The zero-order valence-electron chi connectivity index (χ0n) is 16.5. The van der Waals surface area contributed by atoms with Crippen LogP contribution in [-0.4, -0.2) is 32.4 Å². The summed E-state index contributed by atoms with van der Waals surface area (Å²) < 4.78 is 31.5. The minimum Gasteiger partial charge on any atom is -0.457 e. The van der Waals surface area contributed by atoms with E-state index in [0.29, 0.717) is 0 Å². The Labute approximate surface area is 172 Å². The lowest BCUT2D eigenvalue weighted by atomic mass is 10.2. The predicted octanol–water partition coefficient (Wildman–Crippen LogP) is 4.01. The van der Waals surface area contributed by atoms with Crippen LogP contribution in [0.25, 0.3) is 0 Å². The second-order valence-corrected chi connectivity index (χ2v) is 8.91. The minimum atomic E-state index is -4.00. The molecule has 0 aliphatic carbocycles. The van der Waals surface area contributed by atoms with Gasteiger partial charge in [-0.05, 0) is 55.8 Å². The molecule has 0 saturated carbocycles. The molecule has 5 nitrogen and oxygen atoms in total. The summed E-state index contributed by atoms with van der Waals surface area (Å²) in [6, 6.07) is 15.6. The third-order valence-electron chi connectivity index (χ3n) is 4.72. The van der Waals surface area contributed by atoms with Crippen molar-refractivity contribution in [3.63, 3.8) is 0 Å². The molecule has 3 rings (SSSR count). The zero-order chi connectivity index (χ0) is 20.7. The molecule has 1 aliphatic heterocycles. The van der Waals surface area contributed by atoms with Crippen molar-refractivity contribution >= 4 is 15.8 Å². The third-order valence-corrected chi connectivity index (χ3v) is 6.49. The van der Waals surface area contributed by atoms with E-state index in [9.17, 15) is 13.2 Å². The normalized spacial score (nSPS) is 15.1. The van der Waals surface area contributed by atoms with E-state index in [4.69, 9.17) is 4.74 Å². The third kappa shape index (κ3) is 5.57. The van der Waals surface area contributed by atoms with Crippen molar-refractivity contribution in [2.75, 3.05) is 13.1 Å². The molecule has 1 saturated heterocycles. The Balaban J connectivity index is 1.85. The number of hydrogen-bond donors (Lipinski definition) is 0. The number of hydrogen-bond acceptors (Lipinski definition) is 5. The SMILES string of the molecule is Cc1ccc(S(=O)(=O)/C(=C\C=C\N2CCCC2)C(=O)OCc2ccccc2)cc1. The summed E-state index contributed by atoms with van der Waals surface area (Å²) >= 11 is 0. The fourth-order valence-electron chi connectivity index (χ4n) is 3.05. The first kappa shape index (κ1) is 20.9. The molecule has 1 aliphatic rings. The standard InChI is InChI=1S/C23H25NO4S/c1-19-11-13-21(14-12-19)29(26,27)22(10-7-17-24-15-5-6-16-24)23(25)28-18-20-8-3-2-4-9-20/h2-4,7-14,17H,5-6,15-16,18H2,1H3/b17-7+,22-10-. The van der Waals surface area contributed by atoms with Gasteiger partial charge in [0, 0.05) is 13.1 Å². The smallest absolute Gasteiger partial charge is 0.350 e. The molecular weight excluding hydrogens is 386 g/mol. The Bertz CT molecular complexity index is 987. The van der Waals surface area contributed by atoms with E-state index < -0.39 is 15.8 Å². The van der Waals surface area contributed by atoms with Crippen molar-refractivity contribution in [2.24, 2.45) is 0 Å². The summed E-state index contributed by atoms with van der Waals surface area (Å²) in [6.45, 7) is 3.75. The van der Waals surface area contributed by atoms with Gasteiger partial charge < -0.3 is 9.64 Å². The van der Waals surface area contributed by atoms with Gasteiger partial charge in [-0.25, -0.2) is 13.2 Å². The van der Waals surface area contributed by atoms with Crippen LogP contribution in [0, 0.1) is 6.92 Å². The Morgan fingerprint density at radius 3 is 2.34 bits per heavy atom. The number of benzene rings is 2. The Morgan fingerprint density at radius 2 is 1.69 bits per heavy atom. The second kappa shape index (κ2) is 9.56. The molecule has 2 aromatic rings. The van der Waals surface area contributed by atoms with E-state index in [1.54, 1.807) is 18.2 Å². The number of nitrogens with zero attached hydrogens (tertiary/aromatic N) is 1. The maximum Gasteiger partial charge on any atom is 0.350 e.